The lowest BCUT2D eigenvalue weighted by molar-refractivity contribution is 0.00502. The summed E-state index contributed by atoms with van der Waals surface area (Å²) in [5.41, 5.74) is 2.43. The van der Waals surface area contributed by atoms with Gasteiger partial charge in [-0.2, -0.15) is 0 Å². The van der Waals surface area contributed by atoms with Gasteiger partial charge in [0.1, 0.15) is 23.9 Å². The highest BCUT2D eigenvalue weighted by Gasteiger charge is 2.29. The van der Waals surface area contributed by atoms with Gasteiger partial charge in [-0.25, -0.2) is 14.6 Å². The van der Waals surface area contributed by atoms with Crippen LogP contribution < -0.4 is 14.8 Å². The molecule has 2 unspecified atom stereocenters. The fourth-order valence-corrected chi connectivity index (χ4v) is 6.32. The largest absolute Gasteiger partial charge is 0.487 e. The molecule has 2 fully saturated rings. The van der Waals surface area contributed by atoms with E-state index < -0.39 is 0 Å². The third kappa shape index (κ3) is 8.74. The van der Waals surface area contributed by atoms with Crippen LogP contribution >= 0.6 is 11.6 Å². The van der Waals surface area contributed by atoms with Gasteiger partial charge in [0, 0.05) is 50.1 Å². The Morgan fingerprint density at radius 2 is 1.79 bits per heavy atom. The van der Waals surface area contributed by atoms with Crippen molar-refractivity contribution in [1.82, 2.24) is 44.9 Å². The number of anilines is 2. The van der Waals surface area contributed by atoms with Crippen molar-refractivity contribution in [3.8, 4) is 22.8 Å². The average Bonchev–Trinajstić information content (AvgIpc) is 3.76. The normalized spacial score (nSPS) is 20.1. The average molecular weight is 667 g/mol. The molecule has 1 aliphatic carbocycles. The molecule has 14 nitrogen and oxygen atoms in total. The molecule has 15 heteroatoms. The third-order valence-corrected chi connectivity index (χ3v) is 8.90. The molecule has 6 rings (SSSR count). The van der Waals surface area contributed by atoms with E-state index in [1.54, 1.807) is 36.6 Å². The van der Waals surface area contributed by atoms with Gasteiger partial charge in [-0.05, 0) is 60.7 Å². The molecule has 0 spiro atoms. The summed E-state index contributed by atoms with van der Waals surface area (Å²) < 4.78 is 26.8. The molecule has 1 saturated carbocycles. The summed E-state index contributed by atoms with van der Waals surface area (Å²) in [7, 11) is 1.70. The first-order valence-corrected chi connectivity index (χ1v) is 16.6. The molecule has 2 atom stereocenters. The van der Waals surface area contributed by atoms with Crippen molar-refractivity contribution in [3.63, 3.8) is 0 Å². The molecular weight excluding hydrogens is 624 g/mol. The van der Waals surface area contributed by atoms with Gasteiger partial charge in [-0.3, -0.25) is 9.58 Å². The minimum absolute atomic E-state index is 0.205. The van der Waals surface area contributed by atoms with Gasteiger partial charge in [0.25, 0.3) is 5.88 Å². The number of methoxy groups -OCH3 is 1. The van der Waals surface area contributed by atoms with Crippen LogP contribution in [0.3, 0.4) is 0 Å². The number of hydrogen-bond acceptors (Lipinski definition) is 12. The molecular formula is C32H43ClN10O4. The number of tetrazole rings is 1. The number of nitrogens with one attached hydrogen (secondary N) is 1. The Morgan fingerprint density at radius 1 is 1.02 bits per heavy atom. The number of aromatic nitrogens is 8. The molecule has 252 valence electrons. The second-order valence-electron chi connectivity index (χ2n) is 12.3. The molecule has 3 aromatic heterocycles. The predicted octanol–water partition coefficient (Wildman–Crippen LogP) is 4.67. The number of halogens is 1. The van der Waals surface area contributed by atoms with E-state index in [4.69, 9.17) is 35.6 Å². The SMILES string of the molecule is COCC(C)COc1nn(C2CCC(N3CCOCC3)CC2)cc1Nc1ncc(-c2ccc(Cl)c(OC(C)Cn3cnnn3)c2)cn1. The van der Waals surface area contributed by atoms with Crippen molar-refractivity contribution < 1.29 is 18.9 Å². The van der Waals surface area contributed by atoms with Gasteiger partial charge in [0.05, 0.1) is 50.2 Å². The van der Waals surface area contributed by atoms with E-state index in [1.165, 1.54) is 0 Å². The number of rotatable bonds is 14. The number of ether oxygens (including phenoxy) is 4. The molecule has 1 N–H and O–H groups in total. The lowest BCUT2D eigenvalue weighted by Gasteiger charge is -2.38. The Hall–Kier alpha value is -3.85. The summed E-state index contributed by atoms with van der Waals surface area (Å²) in [4.78, 5) is 11.8. The molecule has 0 radical (unpaired) electrons. The number of nitrogens with zero attached hydrogens (tertiary/aromatic N) is 9. The van der Waals surface area contributed by atoms with Crippen LogP contribution in [0, 0.1) is 5.92 Å². The van der Waals surface area contributed by atoms with Crippen molar-refractivity contribution in [2.24, 2.45) is 5.92 Å². The summed E-state index contributed by atoms with van der Waals surface area (Å²) in [5, 5.41) is 20.0. The van der Waals surface area contributed by atoms with Crippen LogP contribution in [0.1, 0.15) is 45.6 Å². The Kier molecular flexibility index (Phi) is 11.1. The smallest absolute Gasteiger partial charge is 0.256 e. The highest BCUT2D eigenvalue weighted by Crippen LogP contribution is 2.35. The summed E-state index contributed by atoms with van der Waals surface area (Å²) in [6.45, 7) is 9.31. The first-order chi connectivity index (χ1) is 22.9. The van der Waals surface area contributed by atoms with Crippen LogP contribution in [0.25, 0.3) is 11.1 Å². The first-order valence-electron chi connectivity index (χ1n) is 16.2. The molecule has 0 bridgehead atoms. The lowest BCUT2D eigenvalue weighted by Crippen LogP contribution is -2.45. The molecule has 1 aromatic carbocycles. The van der Waals surface area contributed by atoms with E-state index in [9.17, 15) is 0 Å². The third-order valence-electron chi connectivity index (χ3n) is 8.58. The zero-order valence-corrected chi connectivity index (χ0v) is 27.9. The van der Waals surface area contributed by atoms with Crippen molar-refractivity contribution in [3.05, 3.63) is 48.1 Å². The Labute approximate surface area is 279 Å². The number of hydrogen-bond donors (Lipinski definition) is 1. The van der Waals surface area contributed by atoms with E-state index in [0.717, 1.165) is 68.8 Å². The van der Waals surface area contributed by atoms with E-state index in [1.807, 2.05) is 25.3 Å². The molecule has 2 aliphatic rings. The first kappa shape index (κ1) is 33.1. The van der Waals surface area contributed by atoms with E-state index in [0.29, 0.717) is 54.4 Å². The zero-order valence-electron chi connectivity index (χ0n) is 27.2. The van der Waals surface area contributed by atoms with E-state index in [2.05, 4.69) is 47.3 Å². The van der Waals surface area contributed by atoms with Crippen LogP contribution in [-0.4, -0.2) is 104 Å². The summed E-state index contributed by atoms with van der Waals surface area (Å²) >= 11 is 6.46. The lowest BCUT2D eigenvalue weighted by atomic mass is 9.90. The maximum absolute atomic E-state index is 6.46. The monoisotopic (exact) mass is 666 g/mol. The van der Waals surface area contributed by atoms with Crippen LogP contribution in [-0.2, 0) is 16.0 Å². The Bertz CT molecular complexity index is 1540. The van der Waals surface area contributed by atoms with E-state index >= 15 is 0 Å². The molecule has 0 amide bonds. The van der Waals surface area contributed by atoms with E-state index in [-0.39, 0.29) is 12.0 Å². The summed E-state index contributed by atoms with van der Waals surface area (Å²) in [5.74, 6) is 1.75. The fourth-order valence-electron chi connectivity index (χ4n) is 6.16. The Morgan fingerprint density at radius 3 is 2.51 bits per heavy atom. The second kappa shape index (κ2) is 15.8. The van der Waals surface area contributed by atoms with Crippen LogP contribution in [0.4, 0.5) is 11.6 Å². The van der Waals surface area contributed by atoms with Crippen molar-refractivity contribution in [2.45, 2.75) is 64.3 Å². The molecule has 4 aromatic rings. The standard InChI is InChI=1S/C32H43ClN10O4/c1-22(19-44-3)20-46-31-29(18-43(38-31)27-7-5-26(6-8-27)41-10-12-45-13-11-41)37-32-34-15-25(16-35-32)24-4-9-28(33)30(14-24)47-23(2)17-42-21-36-39-40-42/h4,9,14-16,18,21-23,26-27H,5-8,10-13,17,19-20H2,1-3H3,(H,34,35,37). The summed E-state index contributed by atoms with van der Waals surface area (Å²) in [6, 6.07) is 6.53. The van der Waals surface area contributed by atoms with Crippen molar-refractivity contribution in [1.29, 1.82) is 0 Å². The van der Waals surface area contributed by atoms with Gasteiger partial charge in [0.2, 0.25) is 5.95 Å². The highest BCUT2D eigenvalue weighted by atomic mass is 35.5. The second-order valence-corrected chi connectivity index (χ2v) is 12.7. The quantitative estimate of drug-likeness (QED) is 0.200. The predicted molar refractivity (Wildman–Crippen MR) is 176 cm³/mol. The fraction of sp³-hybridized carbons (Fsp3) is 0.562. The number of morpholine rings is 1. The van der Waals surface area contributed by atoms with Crippen molar-refractivity contribution in [2.75, 3.05) is 51.9 Å². The molecule has 1 aliphatic heterocycles. The minimum Gasteiger partial charge on any atom is -0.487 e. The van der Waals surface area contributed by atoms with Crippen LogP contribution in [0.5, 0.6) is 11.6 Å². The minimum atomic E-state index is -0.205. The van der Waals surface area contributed by atoms with Gasteiger partial charge < -0.3 is 24.3 Å². The summed E-state index contributed by atoms with van der Waals surface area (Å²) in [6.07, 6.45) is 11.3. The van der Waals surface area contributed by atoms with Gasteiger partial charge in [-0.15, -0.1) is 10.2 Å². The molecule has 1 saturated heterocycles. The zero-order chi connectivity index (χ0) is 32.6. The van der Waals surface area contributed by atoms with Gasteiger partial charge in [-0.1, -0.05) is 24.6 Å². The van der Waals surface area contributed by atoms with Gasteiger partial charge >= 0.3 is 0 Å². The Balaban J connectivity index is 1.13. The topological polar surface area (TPSA) is 139 Å². The van der Waals surface area contributed by atoms with Gasteiger partial charge in [0.15, 0.2) is 0 Å². The van der Waals surface area contributed by atoms with Crippen LogP contribution in [0.15, 0.2) is 43.1 Å². The maximum atomic E-state index is 6.46. The highest BCUT2D eigenvalue weighted by molar-refractivity contribution is 6.32. The van der Waals surface area contributed by atoms with Crippen LogP contribution in [0.2, 0.25) is 5.02 Å². The molecule has 4 heterocycles. The number of benzene rings is 1. The maximum Gasteiger partial charge on any atom is 0.256 e. The molecule has 47 heavy (non-hydrogen) atoms. The van der Waals surface area contributed by atoms with Crippen molar-refractivity contribution >= 4 is 23.2 Å².